The van der Waals surface area contributed by atoms with Crippen molar-refractivity contribution in [1.29, 1.82) is 0 Å². The first-order chi connectivity index (χ1) is 12.8. The molecule has 2 aromatic carbocycles. The number of carbonyl (C=O) groups excluding carboxylic acids is 1. The van der Waals surface area contributed by atoms with Crippen molar-refractivity contribution in [2.45, 2.75) is 44.0 Å². The van der Waals surface area contributed by atoms with Gasteiger partial charge >= 0.3 is 0 Å². The summed E-state index contributed by atoms with van der Waals surface area (Å²) < 4.78 is 27.6. The number of amides is 1. The summed E-state index contributed by atoms with van der Waals surface area (Å²) in [5.41, 5.74) is 2.06. The van der Waals surface area contributed by atoms with Crippen LogP contribution in [0.25, 0.3) is 0 Å². The molecule has 1 unspecified atom stereocenters. The Kier molecular flexibility index (Phi) is 5.77. The number of halogens is 1. The minimum atomic E-state index is -3.67. The van der Waals surface area contributed by atoms with Crippen LogP contribution in [0, 0.1) is 0 Å². The third kappa shape index (κ3) is 4.12. The van der Waals surface area contributed by atoms with E-state index in [-0.39, 0.29) is 16.8 Å². The Morgan fingerprint density at radius 1 is 1.22 bits per heavy atom. The SMILES string of the molecule is CCC(C)NC(=O)c1ccc2c(c1)CCCN2S(=O)(=O)c1ccc(Cl)cc1. The number of anilines is 1. The molecule has 1 N–H and O–H groups in total. The molecule has 1 aliphatic rings. The van der Waals surface area contributed by atoms with Gasteiger partial charge in [0.15, 0.2) is 0 Å². The lowest BCUT2D eigenvalue weighted by Crippen LogP contribution is -2.36. The Hall–Kier alpha value is -2.05. The highest BCUT2D eigenvalue weighted by Crippen LogP contribution is 2.33. The molecule has 1 heterocycles. The second-order valence-corrected chi connectivity index (χ2v) is 9.06. The maximum atomic E-state index is 13.1. The van der Waals surface area contributed by atoms with Crippen LogP contribution < -0.4 is 9.62 Å². The molecule has 27 heavy (non-hydrogen) atoms. The molecule has 0 saturated carbocycles. The van der Waals surface area contributed by atoms with Crippen LogP contribution in [-0.4, -0.2) is 26.9 Å². The predicted molar refractivity (Wildman–Crippen MR) is 108 cm³/mol. The molecular formula is C20H23ClN2O3S. The summed E-state index contributed by atoms with van der Waals surface area (Å²) in [6, 6.07) is 11.5. The van der Waals surface area contributed by atoms with E-state index in [9.17, 15) is 13.2 Å². The Bertz CT molecular complexity index is 942. The van der Waals surface area contributed by atoms with Gasteiger partial charge in [0.25, 0.3) is 15.9 Å². The molecule has 2 aromatic rings. The summed E-state index contributed by atoms with van der Waals surface area (Å²) in [5, 5.41) is 3.43. The molecule has 0 spiro atoms. The van der Waals surface area contributed by atoms with Gasteiger partial charge in [-0.05, 0) is 74.2 Å². The van der Waals surface area contributed by atoms with Crippen LogP contribution in [0.1, 0.15) is 42.6 Å². The third-order valence-electron chi connectivity index (χ3n) is 4.81. The molecule has 1 atom stereocenters. The van der Waals surface area contributed by atoms with Crippen LogP contribution in [-0.2, 0) is 16.4 Å². The van der Waals surface area contributed by atoms with Crippen molar-refractivity contribution < 1.29 is 13.2 Å². The van der Waals surface area contributed by atoms with E-state index >= 15 is 0 Å². The lowest BCUT2D eigenvalue weighted by Gasteiger charge is -2.31. The van der Waals surface area contributed by atoms with E-state index in [1.54, 1.807) is 30.3 Å². The number of aryl methyl sites for hydroxylation is 1. The average molecular weight is 407 g/mol. The van der Waals surface area contributed by atoms with Crippen molar-refractivity contribution in [3.63, 3.8) is 0 Å². The molecule has 0 saturated heterocycles. The second-order valence-electron chi connectivity index (χ2n) is 6.76. The van der Waals surface area contributed by atoms with E-state index in [4.69, 9.17) is 11.6 Å². The van der Waals surface area contributed by atoms with Crippen molar-refractivity contribution in [3.8, 4) is 0 Å². The first-order valence-electron chi connectivity index (χ1n) is 9.05. The Balaban J connectivity index is 1.93. The summed E-state index contributed by atoms with van der Waals surface area (Å²) in [6.07, 6.45) is 2.30. The molecule has 144 valence electrons. The van der Waals surface area contributed by atoms with E-state index in [1.807, 2.05) is 13.8 Å². The van der Waals surface area contributed by atoms with Gasteiger partial charge in [0, 0.05) is 23.2 Å². The van der Waals surface area contributed by atoms with E-state index < -0.39 is 10.0 Å². The van der Waals surface area contributed by atoms with Crippen LogP contribution in [0.2, 0.25) is 5.02 Å². The first kappa shape index (κ1) is 19.7. The molecule has 3 rings (SSSR count). The molecule has 0 aliphatic carbocycles. The average Bonchev–Trinajstić information content (AvgIpc) is 2.67. The molecule has 1 amide bonds. The number of fused-ring (bicyclic) bond motifs is 1. The fourth-order valence-corrected chi connectivity index (χ4v) is 4.76. The fraction of sp³-hybridized carbons (Fsp3) is 0.350. The van der Waals surface area contributed by atoms with Crippen molar-refractivity contribution >= 4 is 33.2 Å². The molecule has 0 aromatic heterocycles. The zero-order valence-corrected chi connectivity index (χ0v) is 17.0. The number of hydrogen-bond acceptors (Lipinski definition) is 3. The lowest BCUT2D eigenvalue weighted by atomic mass is 10.0. The standard InChI is InChI=1S/C20H23ClN2O3S/c1-3-14(2)22-20(24)16-6-11-19-15(13-16)5-4-12-23(19)27(25,26)18-9-7-17(21)8-10-18/h6-11,13-14H,3-5,12H2,1-2H3,(H,22,24). The number of carbonyl (C=O) groups is 1. The Morgan fingerprint density at radius 3 is 2.59 bits per heavy atom. The Morgan fingerprint density at radius 2 is 1.93 bits per heavy atom. The van der Waals surface area contributed by atoms with Gasteiger partial charge in [0.1, 0.15) is 0 Å². The molecule has 0 radical (unpaired) electrons. The maximum Gasteiger partial charge on any atom is 0.264 e. The van der Waals surface area contributed by atoms with Crippen molar-refractivity contribution in [1.82, 2.24) is 5.32 Å². The van der Waals surface area contributed by atoms with E-state index in [0.717, 1.165) is 18.4 Å². The highest BCUT2D eigenvalue weighted by Gasteiger charge is 2.29. The summed E-state index contributed by atoms with van der Waals surface area (Å²) in [4.78, 5) is 12.6. The van der Waals surface area contributed by atoms with Crippen molar-refractivity contribution in [2.24, 2.45) is 0 Å². The molecule has 0 fully saturated rings. The highest BCUT2D eigenvalue weighted by atomic mass is 35.5. The fourth-order valence-electron chi connectivity index (χ4n) is 3.10. The number of nitrogens with zero attached hydrogens (tertiary/aromatic N) is 1. The normalized spacial score (nSPS) is 15.1. The van der Waals surface area contributed by atoms with Gasteiger partial charge in [-0.15, -0.1) is 0 Å². The molecule has 0 bridgehead atoms. The first-order valence-corrected chi connectivity index (χ1v) is 10.9. The lowest BCUT2D eigenvalue weighted by molar-refractivity contribution is 0.0939. The minimum absolute atomic E-state index is 0.0929. The predicted octanol–water partition coefficient (Wildman–Crippen LogP) is 4.01. The number of nitrogens with one attached hydrogen (secondary N) is 1. The third-order valence-corrected chi connectivity index (χ3v) is 6.89. The second kappa shape index (κ2) is 7.90. The number of benzene rings is 2. The van der Waals surface area contributed by atoms with Gasteiger partial charge in [-0.1, -0.05) is 18.5 Å². The molecule has 7 heteroatoms. The summed E-state index contributed by atoms with van der Waals surface area (Å²) in [5.74, 6) is -0.134. The van der Waals surface area contributed by atoms with Gasteiger partial charge in [-0.2, -0.15) is 0 Å². The zero-order chi connectivity index (χ0) is 19.6. The molecule has 1 aliphatic heterocycles. The van der Waals surface area contributed by atoms with Gasteiger partial charge in [0.05, 0.1) is 10.6 Å². The van der Waals surface area contributed by atoms with Gasteiger partial charge < -0.3 is 5.32 Å². The summed E-state index contributed by atoms with van der Waals surface area (Å²) >= 11 is 5.88. The van der Waals surface area contributed by atoms with Crippen molar-refractivity contribution in [2.75, 3.05) is 10.8 Å². The highest BCUT2D eigenvalue weighted by molar-refractivity contribution is 7.92. The van der Waals surface area contributed by atoms with E-state index in [2.05, 4.69) is 5.32 Å². The topological polar surface area (TPSA) is 66.5 Å². The van der Waals surface area contributed by atoms with Crippen LogP contribution in [0.3, 0.4) is 0 Å². The smallest absolute Gasteiger partial charge is 0.264 e. The Labute approximate surface area is 165 Å². The quantitative estimate of drug-likeness (QED) is 0.815. The molecule has 5 nitrogen and oxygen atoms in total. The summed E-state index contributed by atoms with van der Waals surface area (Å²) in [7, 11) is -3.67. The van der Waals surface area contributed by atoms with Crippen molar-refractivity contribution in [3.05, 3.63) is 58.6 Å². The minimum Gasteiger partial charge on any atom is -0.350 e. The largest absolute Gasteiger partial charge is 0.350 e. The van der Waals surface area contributed by atoms with Gasteiger partial charge in [0.2, 0.25) is 0 Å². The van der Waals surface area contributed by atoms with E-state index in [1.165, 1.54) is 16.4 Å². The van der Waals surface area contributed by atoms with Gasteiger partial charge in [-0.3, -0.25) is 9.10 Å². The van der Waals surface area contributed by atoms with E-state index in [0.29, 0.717) is 29.2 Å². The summed E-state index contributed by atoms with van der Waals surface area (Å²) in [6.45, 7) is 4.38. The molecular weight excluding hydrogens is 384 g/mol. The monoisotopic (exact) mass is 406 g/mol. The van der Waals surface area contributed by atoms with Crippen LogP contribution in [0.15, 0.2) is 47.4 Å². The maximum absolute atomic E-state index is 13.1. The van der Waals surface area contributed by atoms with Crippen LogP contribution in [0.5, 0.6) is 0 Å². The number of rotatable bonds is 5. The van der Waals surface area contributed by atoms with Crippen LogP contribution >= 0.6 is 11.6 Å². The van der Waals surface area contributed by atoms with Gasteiger partial charge in [-0.25, -0.2) is 8.42 Å². The van der Waals surface area contributed by atoms with Crippen LogP contribution in [0.4, 0.5) is 5.69 Å². The number of sulfonamides is 1. The number of hydrogen-bond donors (Lipinski definition) is 1. The zero-order valence-electron chi connectivity index (χ0n) is 15.4.